The molecular formula is C12H18F2N4O3. The van der Waals surface area contributed by atoms with Gasteiger partial charge in [0.2, 0.25) is 5.91 Å². The van der Waals surface area contributed by atoms with E-state index in [1.807, 2.05) is 13.8 Å². The SMILES string of the molecule is CC(C)CCNC(=O)C(C)n1nnc(C(=O)O)c1C(F)F. The molecule has 9 heteroatoms. The topological polar surface area (TPSA) is 97.1 Å². The lowest BCUT2D eigenvalue weighted by atomic mass is 10.1. The summed E-state index contributed by atoms with van der Waals surface area (Å²) >= 11 is 0. The Hall–Kier alpha value is -2.06. The lowest BCUT2D eigenvalue weighted by Gasteiger charge is -2.15. The van der Waals surface area contributed by atoms with Gasteiger partial charge >= 0.3 is 5.97 Å². The van der Waals surface area contributed by atoms with E-state index in [1.54, 1.807) is 0 Å². The molecule has 0 fully saturated rings. The maximum Gasteiger partial charge on any atom is 0.358 e. The summed E-state index contributed by atoms with van der Waals surface area (Å²) in [5, 5.41) is 18.0. The second kappa shape index (κ2) is 7.09. The first kappa shape index (κ1) is 17.0. The van der Waals surface area contributed by atoms with Crippen LogP contribution >= 0.6 is 0 Å². The molecule has 21 heavy (non-hydrogen) atoms. The second-order valence-electron chi connectivity index (χ2n) is 5.02. The standard InChI is InChI=1S/C12H18F2N4O3/c1-6(2)4-5-15-11(19)7(3)18-9(10(13)14)8(12(20)21)16-17-18/h6-7,10H,4-5H2,1-3H3,(H,15,19)(H,20,21). The number of carboxylic acids is 1. The van der Waals surface area contributed by atoms with E-state index in [4.69, 9.17) is 5.11 Å². The van der Waals surface area contributed by atoms with Crippen LogP contribution in [0.3, 0.4) is 0 Å². The highest BCUT2D eigenvalue weighted by molar-refractivity contribution is 5.87. The summed E-state index contributed by atoms with van der Waals surface area (Å²) in [5.41, 5.74) is -1.71. The first-order valence-corrected chi connectivity index (χ1v) is 6.49. The molecule has 1 aromatic heterocycles. The number of halogens is 2. The van der Waals surface area contributed by atoms with Crippen LogP contribution in [0.1, 0.15) is 55.8 Å². The van der Waals surface area contributed by atoms with Crippen LogP contribution in [0.2, 0.25) is 0 Å². The van der Waals surface area contributed by atoms with Crippen LogP contribution in [0.15, 0.2) is 0 Å². The number of carbonyl (C=O) groups is 2. The molecule has 1 unspecified atom stereocenters. The molecule has 0 saturated heterocycles. The van der Waals surface area contributed by atoms with Crippen molar-refractivity contribution in [3.05, 3.63) is 11.4 Å². The van der Waals surface area contributed by atoms with E-state index in [2.05, 4.69) is 15.6 Å². The fourth-order valence-electron chi connectivity index (χ4n) is 1.69. The van der Waals surface area contributed by atoms with Crippen LogP contribution in [0, 0.1) is 5.92 Å². The quantitative estimate of drug-likeness (QED) is 0.798. The minimum absolute atomic E-state index is 0.391. The molecule has 1 heterocycles. The molecule has 0 aliphatic heterocycles. The minimum Gasteiger partial charge on any atom is -0.476 e. The van der Waals surface area contributed by atoms with Gasteiger partial charge in [-0.2, -0.15) is 0 Å². The number of rotatable bonds is 7. The third kappa shape index (κ3) is 4.20. The van der Waals surface area contributed by atoms with Crippen LogP contribution < -0.4 is 5.32 Å². The summed E-state index contributed by atoms with van der Waals surface area (Å²) in [7, 11) is 0. The zero-order chi connectivity index (χ0) is 16.2. The Kier molecular flexibility index (Phi) is 5.74. The molecule has 0 saturated carbocycles. The van der Waals surface area contributed by atoms with Crippen LogP contribution in [0.4, 0.5) is 8.78 Å². The van der Waals surface area contributed by atoms with Gasteiger partial charge in [-0.05, 0) is 19.3 Å². The van der Waals surface area contributed by atoms with Gasteiger partial charge in [-0.3, -0.25) is 4.79 Å². The van der Waals surface area contributed by atoms with E-state index >= 15 is 0 Å². The predicted octanol–water partition coefficient (Wildman–Crippen LogP) is 1.64. The third-order valence-corrected chi connectivity index (χ3v) is 2.91. The average Bonchev–Trinajstić information content (AvgIpc) is 2.81. The Morgan fingerprint density at radius 1 is 1.33 bits per heavy atom. The number of carboxylic acid groups (broad SMARTS) is 1. The average molecular weight is 304 g/mol. The fourth-order valence-corrected chi connectivity index (χ4v) is 1.69. The number of carbonyl (C=O) groups excluding carboxylic acids is 1. The van der Waals surface area contributed by atoms with Crippen molar-refractivity contribution in [2.75, 3.05) is 6.54 Å². The summed E-state index contributed by atoms with van der Waals surface area (Å²) in [6.45, 7) is 5.74. The van der Waals surface area contributed by atoms with E-state index < -0.39 is 35.7 Å². The second-order valence-corrected chi connectivity index (χ2v) is 5.02. The van der Waals surface area contributed by atoms with Crippen molar-refractivity contribution >= 4 is 11.9 Å². The summed E-state index contributed by atoms with van der Waals surface area (Å²) in [5.74, 6) is -1.73. The van der Waals surface area contributed by atoms with Gasteiger partial charge in [0.15, 0.2) is 5.69 Å². The first-order valence-electron chi connectivity index (χ1n) is 6.49. The Balaban J connectivity index is 2.89. The molecule has 0 bridgehead atoms. The van der Waals surface area contributed by atoms with Crippen molar-refractivity contribution in [3.8, 4) is 0 Å². The van der Waals surface area contributed by atoms with Crippen molar-refractivity contribution in [1.29, 1.82) is 0 Å². The van der Waals surface area contributed by atoms with Gasteiger partial charge in [-0.25, -0.2) is 18.3 Å². The van der Waals surface area contributed by atoms with Gasteiger partial charge in [-0.15, -0.1) is 5.10 Å². The van der Waals surface area contributed by atoms with Gasteiger partial charge in [0.05, 0.1) is 0 Å². The number of alkyl halides is 2. The molecule has 2 N–H and O–H groups in total. The third-order valence-electron chi connectivity index (χ3n) is 2.91. The van der Waals surface area contributed by atoms with Crippen molar-refractivity contribution in [1.82, 2.24) is 20.3 Å². The Morgan fingerprint density at radius 3 is 2.43 bits per heavy atom. The molecule has 1 amide bonds. The normalized spacial score (nSPS) is 12.7. The fraction of sp³-hybridized carbons (Fsp3) is 0.667. The van der Waals surface area contributed by atoms with E-state index in [0.29, 0.717) is 17.1 Å². The molecule has 118 valence electrons. The molecule has 0 aliphatic carbocycles. The summed E-state index contributed by atoms with van der Waals surface area (Å²) < 4.78 is 26.6. The van der Waals surface area contributed by atoms with Crippen LogP contribution in [-0.2, 0) is 4.79 Å². The molecule has 7 nitrogen and oxygen atoms in total. The summed E-state index contributed by atoms with van der Waals surface area (Å²) in [6, 6.07) is -1.07. The number of aromatic nitrogens is 3. The lowest BCUT2D eigenvalue weighted by Crippen LogP contribution is -2.33. The molecule has 0 radical (unpaired) electrons. The van der Waals surface area contributed by atoms with Crippen molar-refractivity contribution in [2.24, 2.45) is 5.92 Å². The molecule has 1 rings (SSSR count). The highest BCUT2D eigenvalue weighted by Gasteiger charge is 2.30. The molecule has 1 aromatic rings. The number of nitrogens with zero attached hydrogens (tertiary/aromatic N) is 3. The van der Waals surface area contributed by atoms with Crippen molar-refractivity contribution in [2.45, 2.75) is 39.7 Å². The Bertz CT molecular complexity index is 517. The molecular weight excluding hydrogens is 286 g/mol. The maximum absolute atomic E-state index is 13.0. The number of hydrogen-bond acceptors (Lipinski definition) is 4. The smallest absolute Gasteiger partial charge is 0.358 e. The first-order chi connectivity index (χ1) is 9.75. The summed E-state index contributed by atoms with van der Waals surface area (Å²) in [6.07, 6.45) is -2.34. The highest BCUT2D eigenvalue weighted by Crippen LogP contribution is 2.24. The molecule has 0 aromatic carbocycles. The summed E-state index contributed by atoms with van der Waals surface area (Å²) in [4.78, 5) is 22.7. The van der Waals surface area contributed by atoms with Gasteiger partial charge in [0, 0.05) is 6.54 Å². The molecule has 1 atom stereocenters. The van der Waals surface area contributed by atoms with E-state index in [0.717, 1.165) is 6.42 Å². The number of nitrogens with one attached hydrogen (secondary N) is 1. The van der Waals surface area contributed by atoms with Gasteiger partial charge in [-0.1, -0.05) is 19.1 Å². The van der Waals surface area contributed by atoms with Crippen molar-refractivity contribution < 1.29 is 23.5 Å². The van der Waals surface area contributed by atoms with Gasteiger partial charge in [0.25, 0.3) is 6.43 Å². The molecule has 0 aliphatic rings. The number of hydrogen-bond donors (Lipinski definition) is 2. The van der Waals surface area contributed by atoms with Gasteiger partial charge < -0.3 is 10.4 Å². The lowest BCUT2D eigenvalue weighted by molar-refractivity contribution is -0.124. The van der Waals surface area contributed by atoms with Crippen LogP contribution in [-0.4, -0.2) is 38.5 Å². The number of amides is 1. The monoisotopic (exact) mass is 304 g/mol. The molecule has 0 spiro atoms. The van der Waals surface area contributed by atoms with E-state index in [-0.39, 0.29) is 0 Å². The largest absolute Gasteiger partial charge is 0.476 e. The zero-order valence-corrected chi connectivity index (χ0v) is 12.0. The van der Waals surface area contributed by atoms with E-state index in [1.165, 1.54) is 6.92 Å². The minimum atomic E-state index is -3.09. The highest BCUT2D eigenvalue weighted by atomic mass is 19.3. The van der Waals surface area contributed by atoms with Crippen molar-refractivity contribution in [3.63, 3.8) is 0 Å². The Labute approximate surface area is 120 Å². The predicted molar refractivity (Wildman–Crippen MR) is 69.1 cm³/mol. The van der Waals surface area contributed by atoms with Gasteiger partial charge in [0.1, 0.15) is 11.7 Å². The number of aromatic carboxylic acids is 1. The Morgan fingerprint density at radius 2 is 1.95 bits per heavy atom. The van der Waals surface area contributed by atoms with E-state index in [9.17, 15) is 18.4 Å². The van der Waals surface area contributed by atoms with Crippen LogP contribution in [0.25, 0.3) is 0 Å². The zero-order valence-electron chi connectivity index (χ0n) is 12.0. The maximum atomic E-state index is 13.0. The van der Waals surface area contributed by atoms with Crippen LogP contribution in [0.5, 0.6) is 0 Å².